The van der Waals surface area contributed by atoms with Crippen molar-refractivity contribution in [2.75, 3.05) is 12.5 Å². The third-order valence-corrected chi connectivity index (χ3v) is 1.29. The van der Waals surface area contributed by atoms with Crippen LogP contribution in [-0.4, -0.2) is 7.05 Å². The molecule has 0 fully saturated rings. The van der Waals surface area contributed by atoms with Gasteiger partial charge in [-0.2, -0.15) is 10.4 Å². The molecule has 0 aliphatic carbocycles. The fraction of sp³-hybridized carbons (Fsp3) is 0.250. The maximum atomic E-state index is 4.77. The van der Waals surface area contributed by atoms with Crippen LogP contribution in [0.5, 0.6) is 0 Å². The second-order valence-corrected chi connectivity index (χ2v) is 2.28. The lowest BCUT2D eigenvalue weighted by molar-refractivity contribution is 0.109. The van der Waals surface area contributed by atoms with Gasteiger partial charge in [-0.05, 0) is 24.6 Å². The molecular weight excluding hydrogens is 140 g/mol. The van der Waals surface area contributed by atoms with E-state index in [1.807, 2.05) is 31.2 Å². The van der Waals surface area contributed by atoms with Crippen LogP contribution in [0.3, 0.4) is 0 Å². The minimum atomic E-state index is 0.944. The molecule has 3 nitrogen and oxygen atoms in total. The van der Waals surface area contributed by atoms with Crippen LogP contribution < -0.4 is 11.0 Å². The first-order chi connectivity index (χ1) is 5.33. The van der Waals surface area contributed by atoms with Crippen LogP contribution in [-0.2, 0) is 4.94 Å². The highest BCUT2D eigenvalue weighted by Gasteiger charge is 1.89. The highest BCUT2D eigenvalue weighted by atomic mass is 16.8. The zero-order chi connectivity index (χ0) is 8.10. The molecule has 0 atom stereocenters. The lowest BCUT2D eigenvalue weighted by Gasteiger charge is -2.04. The Labute approximate surface area is 66.3 Å². The Morgan fingerprint density at radius 3 is 2.82 bits per heavy atom. The van der Waals surface area contributed by atoms with Crippen molar-refractivity contribution in [2.45, 2.75) is 6.92 Å². The van der Waals surface area contributed by atoms with Gasteiger partial charge < -0.3 is 0 Å². The van der Waals surface area contributed by atoms with E-state index >= 15 is 0 Å². The van der Waals surface area contributed by atoms with Crippen molar-refractivity contribution in [2.24, 2.45) is 0 Å². The molecule has 0 bridgehead atoms. The fourth-order valence-electron chi connectivity index (χ4n) is 0.819. The predicted octanol–water partition coefficient (Wildman–Crippen LogP) is 1.47. The normalized spacial score (nSPS) is 9.64. The summed E-state index contributed by atoms with van der Waals surface area (Å²) in [5.41, 5.74) is 7.40. The molecule has 3 heteroatoms. The Bertz CT molecular complexity index is 225. The van der Waals surface area contributed by atoms with Crippen molar-refractivity contribution in [1.82, 2.24) is 5.48 Å². The molecule has 0 heterocycles. The first-order valence-electron chi connectivity index (χ1n) is 3.48. The van der Waals surface area contributed by atoms with Crippen molar-refractivity contribution in [3.8, 4) is 0 Å². The maximum Gasteiger partial charge on any atom is 0.0626 e. The quantitative estimate of drug-likeness (QED) is 0.643. The van der Waals surface area contributed by atoms with Crippen LogP contribution in [0.15, 0.2) is 24.3 Å². The van der Waals surface area contributed by atoms with Crippen LogP contribution in [0.2, 0.25) is 0 Å². The molecule has 0 spiro atoms. The van der Waals surface area contributed by atoms with Crippen LogP contribution >= 0.6 is 0 Å². The van der Waals surface area contributed by atoms with E-state index in [0.717, 1.165) is 5.69 Å². The first kappa shape index (κ1) is 8.04. The molecule has 0 radical (unpaired) electrons. The minimum Gasteiger partial charge on any atom is -0.248 e. The average Bonchev–Trinajstić information content (AvgIpc) is 2.01. The van der Waals surface area contributed by atoms with Gasteiger partial charge in [-0.25, -0.2) is 5.48 Å². The van der Waals surface area contributed by atoms with Gasteiger partial charge in [0, 0.05) is 7.05 Å². The fourth-order valence-corrected chi connectivity index (χ4v) is 0.819. The highest BCUT2D eigenvalue weighted by Crippen LogP contribution is 2.08. The number of nitrogens with one attached hydrogen (secondary N) is 2. The minimum absolute atomic E-state index is 0.944. The summed E-state index contributed by atoms with van der Waals surface area (Å²) in [6, 6.07) is 7.93. The van der Waals surface area contributed by atoms with Crippen LogP contribution in [0.4, 0.5) is 5.69 Å². The van der Waals surface area contributed by atoms with Crippen LogP contribution in [0.25, 0.3) is 0 Å². The Morgan fingerprint density at radius 1 is 1.36 bits per heavy atom. The van der Waals surface area contributed by atoms with Crippen molar-refractivity contribution in [1.29, 1.82) is 0 Å². The topological polar surface area (TPSA) is 33.3 Å². The van der Waals surface area contributed by atoms with Gasteiger partial charge >= 0.3 is 0 Å². The van der Waals surface area contributed by atoms with Crippen molar-refractivity contribution < 1.29 is 4.94 Å². The number of aryl methyl sites for hydroxylation is 1. The maximum absolute atomic E-state index is 4.77. The molecule has 0 aliphatic heterocycles. The van der Waals surface area contributed by atoms with E-state index in [2.05, 4.69) is 11.0 Å². The Balaban J connectivity index is 2.56. The average molecular weight is 152 g/mol. The first-order valence-corrected chi connectivity index (χ1v) is 3.48. The smallest absolute Gasteiger partial charge is 0.0626 e. The molecule has 0 unspecified atom stereocenters. The van der Waals surface area contributed by atoms with Crippen molar-refractivity contribution in [3.05, 3.63) is 29.8 Å². The number of hydroxylamine groups is 1. The van der Waals surface area contributed by atoms with Gasteiger partial charge in [0.2, 0.25) is 0 Å². The predicted molar refractivity (Wildman–Crippen MR) is 44.9 cm³/mol. The number of hydrogen-bond acceptors (Lipinski definition) is 3. The molecule has 1 aromatic carbocycles. The summed E-state index contributed by atoms with van der Waals surface area (Å²) in [5, 5.41) is 0. The Morgan fingerprint density at radius 2 is 2.18 bits per heavy atom. The van der Waals surface area contributed by atoms with Gasteiger partial charge in [-0.3, -0.25) is 0 Å². The van der Waals surface area contributed by atoms with Gasteiger partial charge in [-0.15, -0.1) is 0 Å². The van der Waals surface area contributed by atoms with E-state index in [9.17, 15) is 0 Å². The third kappa shape index (κ3) is 2.57. The van der Waals surface area contributed by atoms with Gasteiger partial charge in [0.25, 0.3) is 0 Å². The molecule has 1 rings (SSSR count). The number of rotatable bonds is 3. The Hall–Kier alpha value is -1.06. The van der Waals surface area contributed by atoms with Gasteiger partial charge in [-0.1, -0.05) is 12.1 Å². The molecule has 0 amide bonds. The molecule has 11 heavy (non-hydrogen) atoms. The summed E-state index contributed by atoms with van der Waals surface area (Å²) in [6.45, 7) is 2.03. The standard InChI is InChI=1S/C8H12N2O/c1-7-4-3-5-8(6-7)10-11-9-2/h3-6,9-10H,1-2H3. The van der Waals surface area contributed by atoms with E-state index in [1.165, 1.54) is 5.56 Å². The zero-order valence-corrected chi connectivity index (χ0v) is 6.72. The molecule has 0 aromatic heterocycles. The van der Waals surface area contributed by atoms with Crippen molar-refractivity contribution in [3.63, 3.8) is 0 Å². The van der Waals surface area contributed by atoms with E-state index in [0.29, 0.717) is 0 Å². The highest BCUT2D eigenvalue weighted by molar-refractivity contribution is 5.43. The monoisotopic (exact) mass is 152 g/mol. The summed E-state index contributed by atoms with van der Waals surface area (Å²) >= 11 is 0. The number of benzene rings is 1. The van der Waals surface area contributed by atoms with Crippen LogP contribution in [0, 0.1) is 6.92 Å². The second-order valence-electron chi connectivity index (χ2n) is 2.28. The molecule has 2 N–H and O–H groups in total. The SMILES string of the molecule is CNONc1cccc(C)c1. The van der Waals surface area contributed by atoms with Gasteiger partial charge in [0.05, 0.1) is 5.69 Å². The Kier molecular flexibility index (Phi) is 2.89. The molecule has 60 valence electrons. The van der Waals surface area contributed by atoms with Crippen molar-refractivity contribution >= 4 is 5.69 Å². The largest absolute Gasteiger partial charge is 0.248 e. The van der Waals surface area contributed by atoms with Crippen LogP contribution in [0.1, 0.15) is 5.56 Å². The lowest BCUT2D eigenvalue weighted by Crippen LogP contribution is -2.12. The molecule has 0 aliphatic rings. The number of anilines is 1. The van der Waals surface area contributed by atoms with Gasteiger partial charge in [0.1, 0.15) is 0 Å². The molecule has 1 aromatic rings. The second kappa shape index (κ2) is 3.95. The molecular formula is C8H12N2O. The summed E-state index contributed by atoms with van der Waals surface area (Å²) in [4.78, 5) is 4.77. The molecule has 0 saturated heterocycles. The number of hydrogen-bond donors (Lipinski definition) is 2. The lowest BCUT2D eigenvalue weighted by atomic mass is 10.2. The van der Waals surface area contributed by atoms with E-state index in [-0.39, 0.29) is 0 Å². The molecule has 0 saturated carbocycles. The zero-order valence-electron chi connectivity index (χ0n) is 6.72. The van der Waals surface area contributed by atoms with Gasteiger partial charge in [0.15, 0.2) is 0 Å². The summed E-state index contributed by atoms with van der Waals surface area (Å²) in [5.74, 6) is 0. The summed E-state index contributed by atoms with van der Waals surface area (Å²) in [7, 11) is 1.70. The van der Waals surface area contributed by atoms with E-state index in [4.69, 9.17) is 4.94 Å². The summed E-state index contributed by atoms with van der Waals surface area (Å²) in [6.07, 6.45) is 0. The van der Waals surface area contributed by atoms with E-state index in [1.54, 1.807) is 7.05 Å². The summed E-state index contributed by atoms with van der Waals surface area (Å²) < 4.78 is 0. The van der Waals surface area contributed by atoms with E-state index < -0.39 is 0 Å². The third-order valence-electron chi connectivity index (χ3n) is 1.29.